The highest BCUT2D eigenvalue weighted by atomic mass is 32.1. The molecule has 1 unspecified atom stereocenters. The SMILES string of the molecule is Cc1cn2nc(NC3CCN(c4nccs4)C3)ccc2n1. The molecule has 3 aromatic rings. The van der Waals surface area contributed by atoms with Crippen LogP contribution in [0, 0.1) is 6.92 Å². The second kappa shape index (κ2) is 5.00. The van der Waals surface area contributed by atoms with Crippen LogP contribution in [0.3, 0.4) is 0 Å². The van der Waals surface area contributed by atoms with E-state index in [9.17, 15) is 0 Å². The molecule has 0 spiro atoms. The zero-order valence-electron chi connectivity index (χ0n) is 11.7. The first kappa shape index (κ1) is 12.6. The lowest BCUT2D eigenvalue weighted by Gasteiger charge is -2.16. The number of thiazole rings is 1. The lowest BCUT2D eigenvalue weighted by molar-refractivity contribution is 0.788. The van der Waals surface area contributed by atoms with Crippen LogP contribution in [-0.4, -0.2) is 38.7 Å². The molecule has 0 amide bonds. The predicted molar refractivity (Wildman–Crippen MR) is 84.1 cm³/mol. The number of hydrogen-bond donors (Lipinski definition) is 1. The molecule has 1 aliphatic rings. The molecule has 7 heteroatoms. The summed E-state index contributed by atoms with van der Waals surface area (Å²) in [5.41, 5.74) is 1.87. The largest absolute Gasteiger partial charge is 0.364 e. The zero-order valence-corrected chi connectivity index (χ0v) is 12.5. The Hall–Kier alpha value is -2.15. The average Bonchev–Trinajstić information content (AvgIpc) is 3.16. The minimum atomic E-state index is 0.406. The highest BCUT2D eigenvalue weighted by molar-refractivity contribution is 7.13. The third-order valence-corrected chi connectivity index (χ3v) is 4.50. The van der Waals surface area contributed by atoms with Crippen molar-refractivity contribution in [3.8, 4) is 0 Å². The fourth-order valence-corrected chi connectivity index (χ4v) is 3.39. The molecule has 3 aromatic heterocycles. The molecule has 1 atom stereocenters. The van der Waals surface area contributed by atoms with Gasteiger partial charge in [-0.05, 0) is 25.5 Å². The minimum Gasteiger partial charge on any atom is -0.364 e. The Morgan fingerprint density at radius 1 is 1.38 bits per heavy atom. The smallest absolute Gasteiger partial charge is 0.185 e. The molecule has 4 heterocycles. The predicted octanol–water partition coefficient (Wildman–Crippen LogP) is 2.19. The van der Waals surface area contributed by atoms with E-state index in [1.807, 2.05) is 41.3 Å². The summed E-state index contributed by atoms with van der Waals surface area (Å²) in [5.74, 6) is 0.894. The van der Waals surface area contributed by atoms with E-state index in [0.717, 1.165) is 41.8 Å². The summed E-state index contributed by atoms with van der Waals surface area (Å²) >= 11 is 1.69. The number of rotatable bonds is 3. The van der Waals surface area contributed by atoms with E-state index < -0.39 is 0 Å². The molecular weight excluding hydrogens is 284 g/mol. The number of anilines is 2. The van der Waals surface area contributed by atoms with Crippen LogP contribution in [-0.2, 0) is 0 Å². The molecule has 0 radical (unpaired) electrons. The van der Waals surface area contributed by atoms with Crippen LogP contribution in [0.25, 0.3) is 5.65 Å². The molecule has 4 rings (SSSR count). The molecule has 1 saturated heterocycles. The third kappa shape index (κ3) is 2.44. The molecule has 1 aliphatic heterocycles. The van der Waals surface area contributed by atoms with Gasteiger partial charge < -0.3 is 10.2 Å². The second-order valence-electron chi connectivity index (χ2n) is 5.29. The standard InChI is InChI=1S/C14H16N6S/c1-10-8-20-13(16-10)3-2-12(18-20)17-11-4-6-19(9-11)14-15-5-7-21-14/h2-3,5,7-8,11H,4,6,9H2,1H3,(H,17,18). The van der Waals surface area contributed by atoms with E-state index in [4.69, 9.17) is 0 Å². The van der Waals surface area contributed by atoms with Gasteiger partial charge >= 0.3 is 0 Å². The molecule has 108 valence electrons. The Morgan fingerprint density at radius 2 is 2.33 bits per heavy atom. The van der Waals surface area contributed by atoms with Crippen LogP contribution >= 0.6 is 11.3 Å². The van der Waals surface area contributed by atoms with Crippen molar-refractivity contribution >= 4 is 27.9 Å². The van der Waals surface area contributed by atoms with E-state index >= 15 is 0 Å². The van der Waals surface area contributed by atoms with Crippen LogP contribution in [0.2, 0.25) is 0 Å². The van der Waals surface area contributed by atoms with Gasteiger partial charge in [0.2, 0.25) is 0 Å². The molecule has 0 aliphatic carbocycles. The number of hydrogen-bond acceptors (Lipinski definition) is 6. The van der Waals surface area contributed by atoms with Crippen LogP contribution in [0.15, 0.2) is 29.9 Å². The molecule has 21 heavy (non-hydrogen) atoms. The van der Waals surface area contributed by atoms with Gasteiger partial charge in [0.05, 0.1) is 11.9 Å². The van der Waals surface area contributed by atoms with Gasteiger partial charge in [0.1, 0.15) is 5.82 Å². The van der Waals surface area contributed by atoms with Crippen molar-refractivity contribution in [2.24, 2.45) is 0 Å². The first-order chi connectivity index (χ1) is 10.3. The van der Waals surface area contributed by atoms with Crippen LogP contribution < -0.4 is 10.2 Å². The molecule has 0 saturated carbocycles. The van der Waals surface area contributed by atoms with E-state index in [0.29, 0.717) is 6.04 Å². The minimum absolute atomic E-state index is 0.406. The van der Waals surface area contributed by atoms with Gasteiger partial charge in [-0.25, -0.2) is 14.5 Å². The first-order valence-corrected chi connectivity index (χ1v) is 7.90. The lowest BCUT2D eigenvalue weighted by Crippen LogP contribution is -2.26. The summed E-state index contributed by atoms with van der Waals surface area (Å²) < 4.78 is 1.82. The van der Waals surface area contributed by atoms with Crippen molar-refractivity contribution in [3.63, 3.8) is 0 Å². The summed E-state index contributed by atoms with van der Waals surface area (Å²) in [5, 5.41) is 11.2. The van der Waals surface area contributed by atoms with Gasteiger partial charge in [-0.15, -0.1) is 16.4 Å². The van der Waals surface area contributed by atoms with Crippen molar-refractivity contribution in [1.82, 2.24) is 19.6 Å². The maximum atomic E-state index is 4.56. The van der Waals surface area contributed by atoms with Crippen LogP contribution in [0.1, 0.15) is 12.1 Å². The fourth-order valence-electron chi connectivity index (χ4n) is 2.71. The van der Waals surface area contributed by atoms with Gasteiger partial charge in [-0.2, -0.15) is 0 Å². The monoisotopic (exact) mass is 300 g/mol. The van der Waals surface area contributed by atoms with Gasteiger partial charge in [0.15, 0.2) is 10.8 Å². The highest BCUT2D eigenvalue weighted by Gasteiger charge is 2.24. The maximum absolute atomic E-state index is 4.56. The van der Waals surface area contributed by atoms with E-state index in [-0.39, 0.29) is 0 Å². The molecular formula is C14H16N6S. The number of nitrogens with one attached hydrogen (secondary N) is 1. The number of aromatic nitrogens is 4. The first-order valence-electron chi connectivity index (χ1n) is 7.02. The lowest BCUT2D eigenvalue weighted by atomic mass is 10.2. The van der Waals surface area contributed by atoms with Crippen molar-refractivity contribution in [1.29, 1.82) is 0 Å². The van der Waals surface area contributed by atoms with E-state index in [2.05, 4.69) is 25.3 Å². The van der Waals surface area contributed by atoms with Gasteiger partial charge in [-0.3, -0.25) is 0 Å². The average molecular weight is 300 g/mol. The Labute approximate surface area is 126 Å². The topological polar surface area (TPSA) is 58.4 Å². The molecule has 1 N–H and O–H groups in total. The third-order valence-electron chi connectivity index (χ3n) is 3.67. The summed E-state index contributed by atoms with van der Waals surface area (Å²) in [6.45, 7) is 3.98. The fraction of sp³-hybridized carbons (Fsp3) is 0.357. The van der Waals surface area contributed by atoms with Crippen LogP contribution in [0.5, 0.6) is 0 Å². The Bertz CT molecular complexity index is 750. The van der Waals surface area contributed by atoms with Crippen molar-refractivity contribution < 1.29 is 0 Å². The summed E-state index contributed by atoms with van der Waals surface area (Å²) in [4.78, 5) is 11.1. The van der Waals surface area contributed by atoms with E-state index in [1.165, 1.54) is 0 Å². The summed E-state index contributed by atoms with van der Waals surface area (Å²) in [6, 6.07) is 4.40. The molecule has 0 bridgehead atoms. The Kier molecular flexibility index (Phi) is 2.99. The highest BCUT2D eigenvalue weighted by Crippen LogP contribution is 2.23. The number of nitrogens with zero attached hydrogens (tertiary/aromatic N) is 5. The number of aryl methyl sites for hydroxylation is 1. The summed E-state index contributed by atoms with van der Waals surface area (Å²) in [7, 11) is 0. The van der Waals surface area contributed by atoms with Gasteiger partial charge in [0, 0.05) is 30.7 Å². The van der Waals surface area contributed by atoms with Gasteiger partial charge in [0.25, 0.3) is 0 Å². The molecule has 1 fully saturated rings. The van der Waals surface area contributed by atoms with Crippen molar-refractivity contribution in [3.05, 3.63) is 35.6 Å². The number of imidazole rings is 1. The van der Waals surface area contributed by atoms with E-state index in [1.54, 1.807) is 11.3 Å². The molecule has 0 aromatic carbocycles. The molecule has 6 nitrogen and oxygen atoms in total. The quantitative estimate of drug-likeness (QED) is 0.803. The van der Waals surface area contributed by atoms with Crippen molar-refractivity contribution in [2.75, 3.05) is 23.3 Å². The Morgan fingerprint density at radius 3 is 3.19 bits per heavy atom. The maximum Gasteiger partial charge on any atom is 0.185 e. The normalized spacial score (nSPS) is 18.5. The Balaban J connectivity index is 1.48. The second-order valence-corrected chi connectivity index (χ2v) is 6.17. The van der Waals surface area contributed by atoms with Gasteiger partial charge in [-0.1, -0.05) is 0 Å². The van der Waals surface area contributed by atoms with Crippen LogP contribution in [0.4, 0.5) is 10.9 Å². The zero-order chi connectivity index (χ0) is 14.2. The number of fused-ring (bicyclic) bond motifs is 1. The summed E-state index contributed by atoms with van der Waals surface area (Å²) in [6.07, 6.45) is 4.90. The van der Waals surface area contributed by atoms with Crippen molar-refractivity contribution in [2.45, 2.75) is 19.4 Å².